The van der Waals surface area contributed by atoms with E-state index in [1.807, 2.05) is 13.9 Å². The lowest BCUT2D eigenvalue weighted by Gasteiger charge is -1.94. The summed E-state index contributed by atoms with van der Waals surface area (Å²) in [5.74, 6) is 0. The van der Waals surface area contributed by atoms with Gasteiger partial charge in [-0.2, -0.15) is 0 Å². The van der Waals surface area contributed by atoms with Crippen LogP contribution in [-0.2, 0) is 0 Å². The zero-order valence-electron chi connectivity index (χ0n) is 5.60. The van der Waals surface area contributed by atoms with Crippen LogP contribution in [0.25, 0.3) is 0 Å². The molecule has 0 aliphatic rings. The SMILES string of the molecule is Bc1cc(Cl)cc(C=O)c1. The van der Waals surface area contributed by atoms with Crippen LogP contribution in [0.1, 0.15) is 10.4 Å². The molecule has 0 fully saturated rings. The molecule has 50 valence electrons. The van der Waals surface area contributed by atoms with Gasteiger partial charge in [-0.15, -0.1) is 0 Å². The third-order valence-electron chi connectivity index (χ3n) is 1.20. The third-order valence-corrected chi connectivity index (χ3v) is 1.42. The van der Waals surface area contributed by atoms with Crippen molar-refractivity contribution < 1.29 is 4.79 Å². The number of hydrogen-bond acceptors (Lipinski definition) is 1. The highest BCUT2D eigenvalue weighted by Gasteiger charge is 1.93. The number of carbonyl (C=O) groups is 1. The highest BCUT2D eigenvalue weighted by molar-refractivity contribution is 6.36. The molecule has 0 aliphatic heterocycles. The van der Waals surface area contributed by atoms with E-state index in [2.05, 4.69) is 0 Å². The number of rotatable bonds is 1. The minimum Gasteiger partial charge on any atom is -0.298 e. The molecule has 0 atom stereocenters. The Balaban J connectivity index is 3.18. The van der Waals surface area contributed by atoms with Crippen molar-refractivity contribution in [3.05, 3.63) is 28.8 Å². The van der Waals surface area contributed by atoms with Crippen molar-refractivity contribution in [2.24, 2.45) is 0 Å². The van der Waals surface area contributed by atoms with Gasteiger partial charge in [0.25, 0.3) is 0 Å². The number of aldehydes is 1. The third kappa shape index (κ3) is 1.61. The first-order valence-electron chi connectivity index (χ1n) is 2.95. The minimum absolute atomic E-state index is 0.613. The summed E-state index contributed by atoms with van der Waals surface area (Å²) in [4.78, 5) is 10.3. The van der Waals surface area contributed by atoms with E-state index in [4.69, 9.17) is 11.6 Å². The fraction of sp³-hybridized carbons (Fsp3) is 0. The second-order valence-corrected chi connectivity index (χ2v) is 2.62. The quantitative estimate of drug-likeness (QED) is 0.421. The van der Waals surface area contributed by atoms with Gasteiger partial charge in [-0.1, -0.05) is 23.1 Å². The Labute approximate surface area is 65.4 Å². The molecule has 10 heavy (non-hydrogen) atoms. The van der Waals surface area contributed by atoms with Crippen molar-refractivity contribution >= 4 is 31.2 Å². The lowest BCUT2D eigenvalue weighted by molar-refractivity contribution is 0.112. The summed E-state index contributed by atoms with van der Waals surface area (Å²) < 4.78 is 0. The first-order chi connectivity index (χ1) is 4.72. The lowest BCUT2D eigenvalue weighted by Crippen LogP contribution is -2.02. The van der Waals surface area contributed by atoms with Gasteiger partial charge in [0.05, 0.1) is 0 Å². The van der Waals surface area contributed by atoms with Gasteiger partial charge in [0.1, 0.15) is 14.1 Å². The Morgan fingerprint density at radius 2 is 2.10 bits per heavy atom. The van der Waals surface area contributed by atoms with Crippen molar-refractivity contribution in [1.82, 2.24) is 0 Å². The standard InChI is InChI=1S/C7H6BClO/c8-6-1-5(4-10)2-7(9)3-6/h1-4H,8H2. The van der Waals surface area contributed by atoms with E-state index >= 15 is 0 Å². The van der Waals surface area contributed by atoms with Crippen molar-refractivity contribution in [3.8, 4) is 0 Å². The van der Waals surface area contributed by atoms with Crippen molar-refractivity contribution in [3.63, 3.8) is 0 Å². The average Bonchev–Trinajstić information content (AvgIpc) is 1.85. The molecule has 3 heteroatoms. The van der Waals surface area contributed by atoms with Crippen LogP contribution in [0.2, 0.25) is 5.02 Å². The highest BCUT2D eigenvalue weighted by atomic mass is 35.5. The predicted molar refractivity (Wildman–Crippen MR) is 45.0 cm³/mol. The molecular formula is C7H6BClO. The maximum atomic E-state index is 10.3. The van der Waals surface area contributed by atoms with Crippen LogP contribution in [0, 0.1) is 0 Å². The van der Waals surface area contributed by atoms with Gasteiger partial charge >= 0.3 is 0 Å². The Hall–Kier alpha value is -0.755. The molecule has 0 heterocycles. The Bertz CT molecular complexity index is 240. The van der Waals surface area contributed by atoms with Crippen molar-refractivity contribution in [2.75, 3.05) is 0 Å². The van der Waals surface area contributed by atoms with E-state index in [9.17, 15) is 4.79 Å². The molecular weight excluding hydrogens is 146 g/mol. The van der Waals surface area contributed by atoms with E-state index in [-0.39, 0.29) is 0 Å². The summed E-state index contributed by atoms with van der Waals surface area (Å²) >= 11 is 5.67. The molecule has 0 N–H and O–H groups in total. The molecule has 1 aromatic carbocycles. The zero-order valence-corrected chi connectivity index (χ0v) is 6.35. The fourth-order valence-corrected chi connectivity index (χ4v) is 1.13. The molecule has 0 saturated carbocycles. The largest absolute Gasteiger partial charge is 0.298 e. The average molecular weight is 152 g/mol. The second-order valence-electron chi connectivity index (χ2n) is 2.18. The van der Waals surface area contributed by atoms with Gasteiger partial charge in [0, 0.05) is 10.6 Å². The molecule has 0 amide bonds. The lowest BCUT2D eigenvalue weighted by atomic mass is 9.95. The van der Waals surface area contributed by atoms with Gasteiger partial charge in [-0.3, -0.25) is 4.79 Å². The van der Waals surface area contributed by atoms with Gasteiger partial charge in [-0.05, 0) is 12.1 Å². The van der Waals surface area contributed by atoms with E-state index in [0.717, 1.165) is 11.7 Å². The first-order valence-corrected chi connectivity index (χ1v) is 3.32. The normalized spacial score (nSPS) is 9.30. The van der Waals surface area contributed by atoms with E-state index in [1.165, 1.54) is 0 Å². The van der Waals surface area contributed by atoms with Crippen LogP contribution >= 0.6 is 11.6 Å². The topological polar surface area (TPSA) is 17.1 Å². The van der Waals surface area contributed by atoms with Crippen LogP contribution in [0.4, 0.5) is 0 Å². The van der Waals surface area contributed by atoms with Crippen LogP contribution in [0.5, 0.6) is 0 Å². The molecule has 1 nitrogen and oxygen atoms in total. The molecule has 0 radical (unpaired) electrons. The smallest absolute Gasteiger partial charge is 0.150 e. The summed E-state index contributed by atoms with van der Waals surface area (Å²) in [6.45, 7) is 0. The molecule has 0 aliphatic carbocycles. The van der Waals surface area contributed by atoms with Crippen LogP contribution in [0.3, 0.4) is 0 Å². The zero-order chi connectivity index (χ0) is 7.56. The van der Waals surface area contributed by atoms with Crippen LogP contribution in [-0.4, -0.2) is 14.1 Å². The van der Waals surface area contributed by atoms with E-state index in [0.29, 0.717) is 10.6 Å². The molecule has 0 saturated heterocycles. The fourth-order valence-electron chi connectivity index (χ4n) is 0.833. The molecule has 0 bridgehead atoms. The van der Waals surface area contributed by atoms with Gasteiger partial charge in [-0.25, -0.2) is 0 Å². The summed E-state index contributed by atoms with van der Waals surface area (Å²) in [5, 5.41) is 0.613. The number of halogens is 1. The number of hydrogen-bond donors (Lipinski definition) is 0. The van der Waals surface area contributed by atoms with E-state index in [1.54, 1.807) is 12.1 Å². The van der Waals surface area contributed by atoms with Crippen molar-refractivity contribution in [2.45, 2.75) is 0 Å². The van der Waals surface area contributed by atoms with Gasteiger partial charge in [0.2, 0.25) is 0 Å². The molecule has 0 spiro atoms. The summed E-state index contributed by atoms with van der Waals surface area (Å²) in [5.41, 5.74) is 1.64. The predicted octanol–water partition coefficient (Wildman–Crippen LogP) is 0.411. The Kier molecular flexibility index (Phi) is 2.12. The molecule has 1 rings (SSSR count). The Morgan fingerprint density at radius 3 is 2.60 bits per heavy atom. The van der Waals surface area contributed by atoms with Gasteiger partial charge < -0.3 is 0 Å². The van der Waals surface area contributed by atoms with Crippen LogP contribution < -0.4 is 5.46 Å². The highest BCUT2D eigenvalue weighted by Crippen LogP contribution is 2.06. The first kappa shape index (κ1) is 7.35. The maximum absolute atomic E-state index is 10.3. The summed E-state index contributed by atoms with van der Waals surface area (Å²) in [6.07, 6.45) is 0.791. The molecule has 0 aromatic heterocycles. The maximum Gasteiger partial charge on any atom is 0.150 e. The molecule has 0 unspecified atom stereocenters. The van der Waals surface area contributed by atoms with Crippen LogP contribution in [0.15, 0.2) is 18.2 Å². The number of benzene rings is 1. The Morgan fingerprint density at radius 1 is 1.40 bits per heavy atom. The monoisotopic (exact) mass is 152 g/mol. The number of carbonyl (C=O) groups excluding carboxylic acids is 1. The van der Waals surface area contributed by atoms with E-state index < -0.39 is 0 Å². The second kappa shape index (κ2) is 2.89. The summed E-state index contributed by atoms with van der Waals surface area (Å²) in [7, 11) is 1.90. The summed E-state index contributed by atoms with van der Waals surface area (Å²) in [6, 6.07) is 5.25. The minimum atomic E-state index is 0.613. The molecule has 1 aromatic rings. The van der Waals surface area contributed by atoms with Crippen molar-refractivity contribution in [1.29, 1.82) is 0 Å². The van der Waals surface area contributed by atoms with Gasteiger partial charge in [0.15, 0.2) is 0 Å².